The van der Waals surface area contributed by atoms with E-state index in [4.69, 9.17) is 9.47 Å². The van der Waals surface area contributed by atoms with E-state index in [1.54, 1.807) is 33.3 Å². The minimum Gasteiger partial charge on any atom is -0.497 e. The van der Waals surface area contributed by atoms with Gasteiger partial charge in [0.05, 0.1) is 20.4 Å². The molecular weight excluding hydrogens is 318 g/mol. The van der Waals surface area contributed by atoms with Gasteiger partial charge in [-0.05, 0) is 37.6 Å². The standard InChI is InChI=1S/C19H23N3O3/c1-13-7-5-6-8-17(13)21-14(2)19(23)22-20-12-15-9-10-16(24-3)11-18(15)25-4/h5-12,14,21H,1-4H3,(H,22,23)/b20-12+. The normalized spacial score (nSPS) is 11.8. The van der Waals surface area contributed by atoms with Crippen LogP contribution in [0.5, 0.6) is 11.5 Å². The van der Waals surface area contributed by atoms with E-state index in [0.29, 0.717) is 11.5 Å². The van der Waals surface area contributed by atoms with Gasteiger partial charge in [0.25, 0.3) is 5.91 Å². The maximum Gasteiger partial charge on any atom is 0.262 e. The number of carbonyl (C=O) groups excluding carboxylic acids is 1. The summed E-state index contributed by atoms with van der Waals surface area (Å²) >= 11 is 0. The van der Waals surface area contributed by atoms with Crippen LogP contribution in [0.15, 0.2) is 47.6 Å². The molecule has 6 heteroatoms. The van der Waals surface area contributed by atoms with Crippen LogP contribution in [0, 0.1) is 6.92 Å². The summed E-state index contributed by atoms with van der Waals surface area (Å²) < 4.78 is 10.4. The van der Waals surface area contributed by atoms with Gasteiger partial charge in [-0.2, -0.15) is 5.10 Å². The van der Waals surface area contributed by atoms with Crippen molar-refractivity contribution >= 4 is 17.8 Å². The maximum absolute atomic E-state index is 12.2. The predicted molar refractivity (Wildman–Crippen MR) is 99.5 cm³/mol. The number of rotatable bonds is 7. The zero-order valence-electron chi connectivity index (χ0n) is 14.9. The van der Waals surface area contributed by atoms with Crippen LogP contribution in [0.4, 0.5) is 5.69 Å². The summed E-state index contributed by atoms with van der Waals surface area (Å²) in [6.45, 7) is 3.77. The average molecular weight is 341 g/mol. The first kappa shape index (κ1) is 18.3. The number of hydrazone groups is 1. The van der Waals surface area contributed by atoms with Gasteiger partial charge in [-0.15, -0.1) is 0 Å². The van der Waals surface area contributed by atoms with Crippen molar-refractivity contribution in [2.24, 2.45) is 5.10 Å². The van der Waals surface area contributed by atoms with Crippen LogP contribution in [0.2, 0.25) is 0 Å². The van der Waals surface area contributed by atoms with Gasteiger partial charge in [0.2, 0.25) is 0 Å². The fraction of sp³-hybridized carbons (Fsp3) is 0.263. The van der Waals surface area contributed by atoms with Crippen molar-refractivity contribution in [3.8, 4) is 11.5 Å². The number of methoxy groups -OCH3 is 2. The van der Waals surface area contributed by atoms with Crippen molar-refractivity contribution in [1.29, 1.82) is 0 Å². The number of aryl methyl sites for hydroxylation is 1. The summed E-state index contributed by atoms with van der Waals surface area (Å²) in [4.78, 5) is 12.2. The Labute approximate surface area is 147 Å². The summed E-state index contributed by atoms with van der Waals surface area (Å²) in [6, 6.07) is 12.7. The summed E-state index contributed by atoms with van der Waals surface area (Å²) in [5.41, 5.74) is 5.27. The molecule has 0 radical (unpaired) electrons. The van der Waals surface area contributed by atoms with Crippen LogP contribution in [0.25, 0.3) is 0 Å². The van der Waals surface area contributed by atoms with Crippen LogP contribution < -0.4 is 20.2 Å². The SMILES string of the molecule is COc1ccc(/C=N/NC(=O)C(C)Nc2ccccc2C)c(OC)c1. The van der Waals surface area contributed by atoms with Gasteiger partial charge in [0, 0.05) is 17.3 Å². The lowest BCUT2D eigenvalue weighted by Gasteiger charge is -2.15. The Hall–Kier alpha value is -3.02. The molecule has 1 unspecified atom stereocenters. The van der Waals surface area contributed by atoms with Crippen LogP contribution >= 0.6 is 0 Å². The zero-order valence-corrected chi connectivity index (χ0v) is 14.9. The van der Waals surface area contributed by atoms with Crippen LogP contribution in [-0.2, 0) is 4.79 Å². The van der Waals surface area contributed by atoms with Crippen molar-refractivity contribution < 1.29 is 14.3 Å². The molecule has 0 spiro atoms. The number of nitrogens with one attached hydrogen (secondary N) is 2. The Morgan fingerprint density at radius 1 is 1.16 bits per heavy atom. The molecule has 1 amide bonds. The molecule has 0 aliphatic heterocycles. The molecule has 0 aliphatic rings. The highest BCUT2D eigenvalue weighted by Gasteiger charge is 2.12. The Kier molecular flexibility index (Phi) is 6.39. The topological polar surface area (TPSA) is 72.0 Å². The maximum atomic E-state index is 12.2. The van der Waals surface area contributed by atoms with E-state index in [2.05, 4.69) is 15.8 Å². The molecule has 2 aromatic rings. The van der Waals surface area contributed by atoms with Crippen molar-refractivity contribution in [3.63, 3.8) is 0 Å². The largest absolute Gasteiger partial charge is 0.497 e. The molecule has 0 heterocycles. The van der Waals surface area contributed by atoms with Crippen molar-refractivity contribution in [2.45, 2.75) is 19.9 Å². The molecule has 0 aromatic heterocycles. The van der Waals surface area contributed by atoms with Gasteiger partial charge in [-0.1, -0.05) is 18.2 Å². The van der Waals surface area contributed by atoms with E-state index in [1.807, 2.05) is 37.3 Å². The fourth-order valence-electron chi connectivity index (χ4n) is 2.22. The third-order valence-corrected chi connectivity index (χ3v) is 3.73. The van der Waals surface area contributed by atoms with Crippen LogP contribution in [-0.4, -0.2) is 32.4 Å². The molecule has 2 rings (SSSR count). The first-order chi connectivity index (χ1) is 12.0. The molecule has 6 nitrogen and oxygen atoms in total. The third-order valence-electron chi connectivity index (χ3n) is 3.73. The van der Waals surface area contributed by atoms with E-state index in [-0.39, 0.29) is 5.91 Å². The van der Waals surface area contributed by atoms with Gasteiger partial charge in [-0.3, -0.25) is 4.79 Å². The first-order valence-electron chi connectivity index (χ1n) is 7.92. The highest BCUT2D eigenvalue weighted by molar-refractivity contribution is 5.88. The number of hydrogen-bond donors (Lipinski definition) is 2. The molecule has 0 fully saturated rings. The Bertz CT molecular complexity index is 759. The third kappa shape index (κ3) is 4.97. The number of ether oxygens (including phenoxy) is 2. The molecule has 0 saturated heterocycles. The quantitative estimate of drug-likeness (QED) is 0.600. The smallest absolute Gasteiger partial charge is 0.262 e. The number of benzene rings is 2. The molecule has 132 valence electrons. The summed E-state index contributed by atoms with van der Waals surface area (Å²) in [5, 5.41) is 7.17. The number of amides is 1. The summed E-state index contributed by atoms with van der Waals surface area (Å²) in [6.07, 6.45) is 1.54. The second-order valence-electron chi connectivity index (χ2n) is 5.52. The molecule has 2 N–H and O–H groups in total. The van der Waals surface area contributed by atoms with Gasteiger partial charge in [0.15, 0.2) is 0 Å². The lowest BCUT2D eigenvalue weighted by Crippen LogP contribution is -2.35. The molecule has 0 bridgehead atoms. The average Bonchev–Trinajstić information content (AvgIpc) is 2.63. The molecule has 0 saturated carbocycles. The molecule has 2 aromatic carbocycles. The minimum absolute atomic E-state index is 0.230. The lowest BCUT2D eigenvalue weighted by molar-refractivity contribution is -0.121. The number of hydrogen-bond acceptors (Lipinski definition) is 5. The molecule has 25 heavy (non-hydrogen) atoms. The van der Waals surface area contributed by atoms with Crippen molar-refractivity contribution in [1.82, 2.24) is 5.43 Å². The number of para-hydroxylation sites is 1. The molecule has 1 atom stereocenters. The minimum atomic E-state index is -0.420. The van der Waals surface area contributed by atoms with E-state index in [9.17, 15) is 4.79 Å². The summed E-state index contributed by atoms with van der Waals surface area (Å²) in [7, 11) is 3.16. The Balaban J connectivity index is 1.97. The van der Waals surface area contributed by atoms with Gasteiger partial charge < -0.3 is 14.8 Å². The predicted octanol–water partition coefficient (Wildman–Crippen LogP) is 2.96. The fourth-order valence-corrected chi connectivity index (χ4v) is 2.22. The Morgan fingerprint density at radius 3 is 2.60 bits per heavy atom. The van der Waals surface area contributed by atoms with Crippen molar-refractivity contribution in [2.75, 3.05) is 19.5 Å². The van der Waals surface area contributed by atoms with E-state index in [0.717, 1.165) is 16.8 Å². The number of carbonyl (C=O) groups is 1. The van der Waals surface area contributed by atoms with Gasteiger partial charge in [-0.25, -0.2) is 5.43 Å². The molecule has 0 aliphatic carbocycles. The van der Waals surface area contributed by atoms with E-state index < -0.39 is 6.04 Å². The van der Waals surface area contributed by atoms with Gasteiger partial charge >= 0.3 is 0 Å². The van der Waals surface area contributed by atoms with E-state index >= 15 is 0 Å². The first-order valence-corrected chi connectivity index (χ1v) is 7.92. The molecular formula is C19H23N3O3. The van der Waals surface area contributed by atoms with Gasteiger partial charge in [0.1, 0.15) is 17.5 Å². The number of anilines is 1. The lowest BCUT2D eigenvalue weighted by atomic mass is 10.2. The monoisotopic (exact) mass is 341 g/mol. The zero-order chi connectivity index (χ0) is 18.2. The highest BCUT2D eigenvalue weighted by Crippen LogP contribution is 2.23. The second-order valence-corrected chi connectivity index (χ2v) is 5.52. The summed E-state index contributed by atoms with van der Waals surface area (Å²) in [5.74, 6) is 1.07. The number of nitrogens with zero attached hydrogens (tertiary/aromatic N) is 1. The van der Waals surface area contributed by atoms with E-state index in [1.165, 1.54) is 6.21 Å². The Morgan fingerprint density at radius 2 is 1.92 bits per heavy atom. The highest BCUT2D eigenvalue weighted by atomic mass is 16.5. The van der Waals surface area contributed by atoms with Crippen LogP contribution in [0.3, 0.4) is 0 Å². The van der Waals surface area contributed by atoms with Crippen LogP contribution in [0.1, 0.15) is 18.1 Å². The second kappa shape index (κ2) is 8.73. The van der Waals surface area contributed by atoms with Crippen molar-refractivity contribution in [3.05, 3.63) is 53.6 Å².